The highest BCUT2D eigenvalue weighted by molar-refractivity contribution is 5.90. The highest BCUT2D eigenvalue weighted by Gasteiger charge is 2.12. The molecule has 6 nitrogen and oxygen atoms in total. The Morgan fingerprint density at radius 1 is 1.50 bits per heavy atom. The molecule has 1 heterocycles. The molecule has 0 spiro atoms. The Bertz CT molecular complexity index is 374. The fraction of sp³-hybridized carbons (Fsp3) is 0.750. The standard InChI is InChI=1S/C12H23N5O/c1-5-6-10-14-11(16-15-10)12(18)13-7-8-17(4)9(2)3/h9H,5-8H2,1-4H3,(H,13,18)(H,14,15,16). The minimum Gasteiger partial charge on any atom is -0.348 e. The number of aromatic nitrogens is 3. The Labute approximate surface area is 108 Å². The SMILES string of the molecule is CCCc1nc(C(=O)NCCN(C)C(C)C)n[nH]1. The first-order valence-corrected chi connectivity index (χ1v) is 6.44. The summed E-state index contributed by atoms with van der Waals surface area (Å²) in [5.41, 5.74) is 0. The predicted octanol–water partition coefficient (Wildman–Crippen LogP) is 0.827. The van der Waals surface area contributed by atoms with Gasteiger partial charge in [0.05, 0.1) is 0 Å². The molecular weight excluding hydrogens is 230 g/mol. The normalized spacial score (nSPS) is 11.2. The molecule has 0 aliphatic heterocycles. The highest BCUT2D eigenvalue weighted by atomic mass is 16.2. The number of nitrogens with one attached hydrogen (secondary N) is 2. The van der Waals surface area contributed by atoms with Crippen LogP contribution in [-0.4, -0.2) is 52.2 Å². The molecular formula is C12H23N5O. The molecule has 0 radical (unpaired) electrons. The highest BCUT2D eigenvalue weighted by Crippen LogP contribution is 1.96. The second-order valence-corrected chi connectivity index (χ2v) is 4.69. The first kappa shape index (κ1) is 14.6. The number of nitrogens with zero attached hydrogens (tertiary/aromatic N) is 3. The minimum absolute atomic E-state index is 0.217. The third kappa shape index (κ3) is 4.44. The van der Waals surface area contributed by atoms with Crippen molar-refractivity contribution in [3.05, 3.63) is 11.6 Å². The average molecular weight is 253 g/mol. The Kier molecular flexibility index (Phi) is 5.77. The number of H-pyrrole nitrogens is 1. The van der Waals surface area contributed by atoms with Gasteiger partial charge in [0.2, 0.25) is 5.82 Å². The zero-order valence-corrected chi connectivity index (χ0v) is 11.7. The van der Waals surface area contributed by atoms with Crippen LogP contribution in [0, 0.1) is 0 Å². The van der Waals surface area contributed by atoms with E-state index in [1.807, 2.05) is 7.05 Å². The molecule has 102 valence electrons. The number of aryl methyl sites for hydroxylation is 1. The summed E-state index contributed by atoms with van der Waals surface area (Å²) in [6.07, 6.45) is 1.80. The van der Waals surface area contributed by atoms with Crippen molar-refractivity contribution >= 4 is 5.91 Å². The van der Waals surface area contributed by atoms with Crippen LogP contribution >= 0.6 is 0 Å². The maximum atomic E-state index is 11.7. The van der Waals surface area contributed by atoms with Gasteiger partial charge in [-0.2, -0.15) is 0 Å². The Balaban J connectivity index is 2.36. The molecule has 1 aromatic heterocycles. The minimum atomic E-state index is -0.217. The van der Waals surface area contributed by atoms with E-state index in [1.54, 1.807) is 0 Å². The largest absolute Gasteiger partial charge is 0.348 e. The van der Waals surface area contributed by atoms with Crippen molar-refractivity contribution in [2.24, 2.45) is 0 Å². The summed E-state index contributed by atoms with van der Waals surface area (Å²) in [6.45, 7) is 7.72. The van der Waals surface area contributed by atoms with E-state index in [-0.39, 0.29) is 11.7 Å². The van der Waals surface area contributed by atoms with Gasteiger partial charge in [-0.05, 0) is 27.3 Å². The molecule has 2 N–H and O–H groups in total. The molecule has 1 rings (SSSR count). The van der Waals surface area contributed by atoms with Gasteiger partial charge in [-0.15, -0.1) is 5.10 Å². The van der Waals surface area contributed by atoms with Gasteiger partial charge < -0.3 is 10.2 Å². The van der Waals surface area contributed by atoms with Crippen molar-refractivity contribution in [2.45, 2.75) is 39.7 Å². The van der Waals surface area contributed by atoms with Crippen LogP contribution in [0.25, 0.3) is 0 Å². The maximum absolute atomic E-state index is 11.7. The van der Waals surface area contributed by atoms with E-state index in [2.05, 4.69) is 46.2 Å². The third-order valence-corrected chi connectivity index (χ3v) is 2.85. The third-order valence-electron chi connectivity index (χ3n) is 2.85. The maximum Gasteiger partial charge on any atom is 0.291 e. The van der Waals surface area contributed by atoms with Gasteiger partial charge >= 0.3 is 0 Å². The molecule has 0 unspecified atom stereocenters. The van der Waals surface area contributed by atoms with Crippen molar-refractivity contribution in [1.82, 2.24) is 25.4 Å². The fourth-order valence-electron chi connectivity index (χ4n) is 1.43. The Morgan fingerprint density at radius 3 is 2.83 bits per heavy atom. The quantitative estimate of drug-likeness (QED) is 0.754. The second kappa shape index (κ2) is 7.10. The summed E-state index contributed by atoms with van der Waals surface area (Å²) in [5, 5.41) is 9.49. The van der Waals surface area contributed by atoms with Gasteiger partial charge in [-0.3, -0.25) is 9.89 Å². The summed E-state index contributed by atoms with van der Waals surface area (Å²) in [7, 11) is 2.03. The van der Waals surface area contributed by atoms with Crippen LogP contribution < -0.4 is 5.32 Å². The summed E-state index contributed by atoms with van der Waals surface area (Å²) >= 11 is 0. The fourth-order valence-corrected chi connectivity index (χ4v) is 1.43. The number of aromatic amines is 1. The van der Waals surface area contributed by atoms with Gasteiger partial charge in [-0.25, -0.2) is 4.98 Å². The molecule has 0 saturated heterocycles. The van der Waals surface area contributed by atoms with Gasteiger partial charge in [0.15, 0.2) is 0 Å². The molecule has 18 heavy (non-hydrogen) atoms. The number of hydrogen-bond acceptors (Lipinski definition) is 4. The zero-order valence-electron chi connectivity index (χ0n) is 11.7. The lowest BCUT2D eigenvalue weighted by Gasteiger charge is -2.20. The van der Waals surface area contributed by atoms with Crippen LogP contribution in [0.3, 0.4) is 0 Å². The number of amides is 1. The van der Waals surface area contributed by atoms with Crippen molar-refractivity contribution in [3.8, 4) is 0 Å². The Hall–Kier alpha value is -1.43. The van der Waals surface area contributed by atoms with E-state index in [4.69, 9.17) is 0 Å². The molecule has 0 aromatic carbocycles. The molecule has 1 amide bonds. The molecule has 0 bridgehead atoms. The molecule has 0 fully saturated rings. The molecule has 0 aliphatic rings. The predicted molar refractivity (Wildman–Crippen MR) is 70.5 cm³/mol. The van der Waals surface area contributed by atoms with Crippen molar-refractivity contribution in [2.75, 3.05) is 20.1 Å². The van der Waals surface area contributed by atoms with E-state index in [1.165, 1.54) is 0 Å². The lowest BCUT2D eigenvalue weighted by Crippen LogP contribution is -2.36. The van der Waals surface area contributed by atoms with Crippen LogP contribution in [0.4, 0.5) is 0 Å². The van der Waals surface area contributed by atoms with Gasteiger partial charge in [0.1, 0.15) is 5.82 Å². The summed E-state index contributed by atoms with van der Waals surface area (Å²) in [5.74, 6) is 0.776. The summed E-state index contributed by atoms with van der Waals surface area (Å²) in [4.78, 5) is 18.0. The van der Waals surface area contributed by atoms with E-state index in [0.717, 1.165) is 25.2 Å². The lowest BCUT2D eigenvalue weighted by molar-refractivity contribution is 0.0938. The second-order valence-electron chi connectivity index (χ2n) is 4.69. The lowest BCUT2D eigenvalue weighted by atomic mass is 10.3. The number of carbonyl (C=O) groups is 1. The molecule has 0 aliphatic carbocycles. The molecule has 0 saturated carbocycles. The van der Waals surface area contributed by atoms with E-state index < -0.39 is 0 Å². The average Bonchev–Trinajstić information content (AvgIpc) is 2.77. The van der Waals surface area contributed by atoms with Gasteiger partial charge in [-0.1, -0.05) is 6.92 Å². The van der Waals surface area contributed by atoms with Gasteiger partial charge in [0.25, 0.3) is 5.91 Å². The molecule has 6 heteroatoms. The number of hydrogen-bond donors (Lipinski definition) is 2. The zero-order chi connectivity index (χ0) is 13.5. The van der Waals surface area contributed by atoms with Crippen molar-refractivity contribution in [1.29, 1.82) is 0 Å². The monoisotopic (exact) mass is 253 g/mol. The first-order valence-electron chi connectivity index (χ1n) is 6.44. The number of likely N-dealkylation sites (N-methyl/N-ethyl adjacent to an activating group) is 1. The smallest absolute Gasteiger partial charge is 0.291 e. The van der Waals surface area contributed by atoms with Crippen LogP contribution in [0.2, 0.25) is 0 Å². The van der Waals surface area contributed by atoms with Crippen molar-refractivity contribution < 1.29 is 4.79 Å². The molecule has 0 atom stereocenters. The first-order chi connectivity index (χ1) is 8.54. The summed E-state index contributed by atoms with van der Waals surface area (Å²) < 4.78 is 0. The van der Waals surface area contributed by atoms with E-state index in [9.17, 15) is 4.79 Å². The topological polar surface area (TPSA) is 73.9 Å². The number of rotatable bonds is 7. The van der Waals surface area contributed by atoms with E-state index in [0.29, 0.717) is 12.6 Å². The summed E-state index contributed by atoms with van der Waals surface area (Å²) in [6, 6.07) is 0.474. The van der Waals surface area contributed by atoms with Crippen LogP contribution in [0.1, 0.15) is 43.6 Å². The van der Waals surface area contributed by atoms with E-state index >= 15 is 0 Å². The number of carbonyl (C=O) groups excluding carboxylic acids is 1. The van der Waals surface area contributed by atoms with Crippen LogP contribution in [-0.2, 0) is 6.42 Å². The van der Waals surface area contributed by atoms with Gasteiger partial charge in [0, 0.05) is 25.6 Å². The van der Waals surface area contributed by atoms with Crippen LogP contribution in [0.5, 0.6) is 0 Å². The van der Waals surface area contributed by atoms with Crippen molar-refractivity contribution in [3.63, 3.8) is 0 Å². The molecule has 1 aromatic rings. The Morgan fingerprint density at radius 2 is 2.22 bits per heavy atom. The van der Waals surface area contributed by atoms with Crippen LogP contribution in [0.15, 0.2) is 0 Å².